The standard InChI is InChI=1S/C22H28ClNO5/c1-5-28-19-10-20(29-12-16-8-6-7-14(2)15(16)3)18(23)9-17(19)11-24-22(4,13-25)21(26)27/h6-10,24-25H,5,11-13H2,1-4H3,(H,26,27)/t22-/m0/s1. The number of ether oxygens (including phenoxy) is 2. The number of hydrogen-bond acceptors (Lipinski definition) is 5. The summed E-state index contributed by atoms with van der Waals surface area (Å²) in [6, 6.07) is 9.46. The molecule has 6 nitrogen and oxygen atoms in total. The Morgan fingerprint density at radius 1 is 1.17 bits per heavy atom. The second kappa shape index (κ2) is 9.96. The highest BCUT2D eigenvalue weighted by molar-refractivity contribution is 6.32. The van der Waals surface area contributed by atoms with Crippen LogP contribution in [0.2, 0.25) is 5.02 Å². The van der Waals surface area contributed by atoms with E-state index in [1.54, 1.807) is 12.1 Å². The Bertz CT molecular complexity index is 871. The summed E-state index contributed by atoms with van der Waals surface area (Å²) in [7, 11) is 0. The molecule has 0 aliphatic carbocycles. The van der Waals surface area contributed by atoms with Gasteiger partial charge in [-0.25, -0.2) is 0 Å². The van der Waals surface area contributed by atoms with E-state index in [0.717, 1.165) is 5.56 Å². The van der Waals surface area contributed by atoms with Crippen LogP contribution in [0, 0.1) is 13.8 Å². The molecule has 2 aromatic rings. The molecule has 158 valence electrons. The highest BCUT2D eigenvalue weighted by atomic mass is 35.5. The Balaban J connectivity index is 2.22. The van der Waals surface area contributed by atoms with Crippen molar-refractivity contribution in [2.24, 2.45) is 0 Å². The zero-order valence-corrected chi connectivity index (χ0v) is 18.0. The van der Waals surface area contributed by atoms with Crippen LogP contribution < -0.4 is 14.8 Å². The summed E-state index contributed by atoms with van der Waals surface area (Å²) in [6.07, 6.45) is 0. The molecule has 7 heteroatoms. The normalized spacial score (nSPS) is 13.0. The molecule has 3 N–H and O–H groups in total. The van der Waals surface area contributed by atoms with Crippen molar-refractivity contribution in [2.75, 3.05) is 13.2 Å². The van der Waals surface area contributed by atoms with E-state index in [4.69, 9.17) is 21.1 Å². The minimum Gasteiger partial charge on any atom is -0.493 e. The van der Waals surface area contributed by atoms with Gasteiger partial charge in [0.25, 0.3) is 0 Å². The van der Waals surface area contributed by atoms with E-state index in [2.05, 4.69) is 25.2 Å². The molecule has 0 unspecified atom stereocenters. The molecule has 0 heterocycles. The fourth-order valence-electron chi connectivity index (χ4n) is 2.73. The zero-order chi connectivity index (χ0) is 21.6. The van der Waals surface area contributed by atoms with Crippen LogP contribution >= 0.6 is 11.6 Å². The highest BCUT2D eigenvalue weighted by Gasteiger charge is 2.32. The third kappa shape index (κ3) is 5.63. The maximum Gasteiger partial charge on any atom is 0.326 e. The number of rotatable bonds is 10. The number of carboxylic acids is 1. The Hall–Kier alpha value is -2.28. The molecule has 2 rings (SSSR count). The average molecular weight is 422 g/mol. The molecule has 0 aromatic heterocycles. The van der Waals surface area contributed by atoms with Crippen LogP contribution in [-0.2, 0) is 17.9 Å². The van der Waals surface area contributed by atoms with Crippen molar-refractivity contribution < 1.29 is 24.5 Å². The van der Waals surface area contributed by atoms with Crippen LogP contribution in [0.4, 0.5) is 0 Å². The molecule has 29 heavy (non-hydrogen) atoms. The van der Waals surface area contributed by atoms with Gasteiger partial charge in [-0.1, -0.05) is 29.8 Å². The number of hydrogen-bond donors (Lipinski definition) is 3. The first-order valence-corrected chi connectivity index (χ1v) is 9.82. The molecular formula is C22H28ClNO5. The first kappa shape index (κ1) is 23.0. The number of carboxylic acid groups (broad SMARTS) is 1. The minimum absolute atomic E-state index is 0.162. The van der Waals surface area contributed by atoms with Crippen LogP contribution in [0.25, 0.3) is 0 Å². The molecule has 0 fully saturated rings. The molecule has 0 aliphatic rings. The van der Waals surface area contributed by atoms with Crippen molar-refractivity contribution in [2.45, 2.75) is 46.4 Å². The fraction of sp³-hybridized carbons (Fsp3) is 0.409. The van der Waals surface area contributed by atoms with E-state index in [0.29, 0.717) is 35.3 Å². The number of halogens is 1. The van der Waals surface area contributed by atoms with Gasteiger partial charge < -0.3 is 19.7 Å². The van der Waals surface area contributed by atoms with Gasteiger partial charge in [0.15, 0.2) is 0 Å². The summed E-state index contributed by atoms with van der Waals surface area (Å²) in [5, 5.41) is 22.0. The summed E-state index contributed by atoms with van der Waals surface area (Å²) in [6.45, 7) is 7.80. The molecule has 0 aliphatic heterocycles. The van der Waals surface area contributed by atoms with Crippen LogP contribution in [0.3, 0.4) is 0 Å². The molecule has 0 bridgehead atoms. The quantitative estimate of drug-likeness (QED) is 0.540. The van der Waals surface area contributed by atoms with E-state index in [9.17, 15) is 15.0 Å². The fourth-order valence-corrected chi connectivity index (χ4v) is 2.97. The smallest absolute Gasteiger partial charge is 0.326 e. The van der Waals surface area contributed by atoms with Gasteiger partial charge in [-0.05, 0) is 50.5 Å². The largest absolute Gasteiger partial charge is 0.493 e. The van der Waals surface area contributed by atoms with Gasteiger partial charge in [-0.15, -0.1) is 0 Å². The van der Waals surface area contributed by atoms with Crippen LogP contribution in [-0.4, -0.2) is 34.9 Å². The molecule has 0 saturated heterocycles. The Morgan fingerprint density at radius 2 is 1.90 bits per heavy atom. The third-order valence-electron chi connectivity index (χ3n) is 4.97. The third-order valence-corrected chi connectivity index (χ3v) is 5.27. The van der Waals surface area contributed by atoms with E-state index in [1.165, 1.54) is 18.1 Å². The van der Waals surface area contributed by atoms with Gasteiger partial charge in [-0.3, -0.25) is 10.1 Å². The van der Waals surface area contributed by atoms with Crippen LogP contribution in [0.5, 0.6) is 11.5 Å². The Labute approximate surface area is 176 Å². The number of benzene rings is 2. The Kier molecular flexibility index (Phi) is 7.90. The molecule has 2 aromatic carbocycles. The van der Waals surface area contributed by atoms with Crippen molar-refractivity contribution in [3.8, 4) is 11.5 Å². The first-order chi connectivity index (χ1) is 13.7. The predicted octanol–water partition coefficient (Wildman–Crippen LogP) is 3.86. The van der Waals surface area contributed by atoms with Gasteiger partial charge in [0.1, 0.15) is 23.6 Å². The number of aliphatic hydroxyl groups excluding tert-OH is 1. The van der Waals surface area contributed by atoms with Gasteiger partial charge in [0.2, 0.25) is 0 Å². The van der Waals surface area contributed by atoms with Gasteiger partial charge in [0, 0.05) is 18.2 Å². The summed E-state index contributed by atoms with van der Waals surface area (Å²) in [5.41, 5.74) is 2.65. The number of carbonyl (C=O) groups is 1. The van der Waals surface area contributed by atoms with Crippen molar-refractivity contribution in [1.82, 2.24) is 5.32 Å². The second-order valence-electron chi connectivity index (χ2n) is 7.12. The number of aliphatic carboxylic acids is 1. The zero-order valence-electron chi connectivity index (χ0n) is 17.2. The molecule has 0 radical (unpaired) electrons. The number of aliphatic hydroxyl groups is 1. The lowest BCUT2D eigenvalue weighted by molar-refractivity contribution is -0.145. The lowest BCUT2D eigenvalue weighted by Crippen LogP contribution is -2.52. The summed E-state index contributed by atoms with van der Waals surface area (Å²) in [4.78, 5) is 11.4. The van der Waals surface area contributed by atoms with E-state index in [1.807, 2.05) is 19.1 Å². The molecule has 0 saturated carbocycles. The second-order valence-corrected chi connectivity index (χ2v) is 7.53. The number of nitrogens with one attached hydrogen (secondary N) is 1. The molecular weight excluding hydrogens is 394 g/mol. The maximum atomic E-state index is 11.4. The first-order valence-electron chi connectivity index (χ1n) is 9.44. The van der Waals surface area contributed by atoms with Gasteiger partial charge in [0.05, 0.1) is 18.2 Å². The van der Waals surface area contributed by atoms with Gasteiger partial charge in [-0.2, -0.15) is 0 Å². The Morgan fingerprint density at radius 3 is 2.52 bits per heavy atom. The highest BCUT2D eigenvalue weighted by Crippen LogP contribution is 2.34. The molecule has 1 atom stereocenters. The SMILES string of the molecule is CCOc1cc(OCc2cccc(C)c2C)c(Cl)cc1CN[C@@](C)(CO)C(=O)O. The van der Waals surface area contributed by atoms with E-state index >= 15 is 0 Å². The number of aryl methyl sites for hydroxylation is 1. The molecule has 0 amide bonds. The van der Waals surface area contributed by atoms with Crippen molar-refractivity contribution in [3.05, 3.63) is 57.6 Å². The van der Waals surface area contributed by atoms with Crippen LogP contribution in [0.1, 0.15) is 36.1 Å². The van der Waals surface area contributed by atoms with Crippen LogP contribution in [0.15, 0.2) is 30.3 Å². The lowest BCUT2D eigenvalue weighted by Gasteiger charge is -2.24. The predicted molar refractivity (Wildman–Crippen MR) is 113 cm³/mol. The van der Waals surface area contributed by atoms with Gasteiger partial charge >= 0.3 is 5.97 Å². The van der Waals surface area contributed by atoms with Crippen molar-refractivity contribution in [3.63, 3.8) is 0 Å². The van der Waals surface area contributed by atoms with E-state index < -0.39 is 18.1 Å². The summed E-state index contributed by atoms with van der Waals surface area (Å²) < 4.78 is 11.6. The van der Waals surface area contributed by atoms with Crippen molar-refractivity contribution in [1.29, 1.82) is 0 Å². The minimum atomic E-state index is -1.46. The maximum absolute atomic E-state index is 11.4. The molecule has 0 spiro atoms. The van der Waals surface area contributed by atoms with E-state index in [-0.39, 0.29) is 6.54 Å². The summed E-state index contributed by atoms with van der Waals surface area (Å²) in [5.74, 6) is -0.105. The average Bonchev–Trinajstić information content (AvgIpc) is 2.69. The van der Waals surface area contributed by atoms with Crippen molar-refractivity contribution >= 4 is 17.6 Å². The lowest BCUT2D eigenvalue weighted by atomic mass is 10.0. The summed E-state index contributed by atoms with van der Waals surface area (Å²) >= 11 is 6.41. The monoisotopic (exact) mass is 421 g/mol. The topological polar surface area (TPSA) is 88.0 Å².